The van der Waals surface area contributed by atoms with Crippen LogP contribution < -0.4 is 5.32 Å². The van der Waals surface area contributed by atoms with Gasteiger partial charge in [-0.3, -0.25) is 0 Å². The molecule has 1 aromatic carbocycles. The molecule has 0 amide bonds. The highest BCUT2D eigenvalue weighted by atomic mass is 79.9. The summed E-state index contributed by atoms with van der Waals surface area (Å²) in [5, 5.41) is 12.6. The number of hydrogen-bond acceptors (Lipinski definition) is 5. The van der Waals surface area contributed by atoms with Crippen molar-refractivity contribution in [3.63, 3.8) is 0 Å². The number of anilines is 2. The van der Waals surface area contributed by atoms with Crippen LogP contribution in [-0.2, 0) is 0 Å². The minimum Gasteiger partial charge on any atom is -0.478 e. The number of benzene rings is 1. The number of nitrogens with one attached hydrogen (secondary N) is 1. The molecule has 0 bridgehead atoms. The third-order valence-corrected chi connectivity index (χ3v) is 3.39. The standard InChI is InChI=1S/C10H8BrN3O2S/c1-5-12-10(17-14-5)13-6-2-3-8(11)7(4-6)9(15)16/h2-4H,1H3,(H,15,16)(H,12,13,14). The molecule has 5 nitrogen and oxygen atoms in total. The lowest BCUT2D eigenvalue weighted by molar-refractivity contribution is 0.0696. The first-order chi connectivity index (χ1) is 8.06. The maximum absolute atomic E-state index is 10.9. The van der Waals surface area contributed by atoms with E-state index in [1.165, 1.54) is 11.5 Å². The molecule has 0 saturated carbocycles. The third kappa shape index (κ3) is 2.80. The van der Waals surface area contributed by atoms with Gasteiger partial charge in [0.15, 0.2) is 0 Å². The summed E-state index contributed by atoms with van der Waals surface area (Å²) in [5.74, 6) is -0.290. The van der Waals surface area contributed by atoms with E-state index in [0.717, 1.165) is 0 Å². The number of carboxylic acids is 1. The summed E-state index contributed by atoms with van der Waals surface area (Å²) in [6.07, 6.45) is 0. The molecule has 17 heavy (non-hydrogen) atoms. The van der Waals surface area contributed by atoms with Gasteiger partial charge in [0, 0.05) is 21.7 Å². The summed E-state index contributed by atoms with van der Waals surface area (Å²) in [5.41, 5.74) is 0.873. The first-order valence-electron chi connectivity index (χ1n) is 4.66. The van der Waals surface area contributed by atoms with E-state index in [1.807, 2.05) is 0 Å². The van der Waals surface area contributed by atoms with Gasteiger partial charge in [0.25, 0.3) is 0 Å². The summed E-state index contributed by atoms with van der Waals surface area (Å²) in [7, 11) is 0. The summed E-state index contributed by atoms with van der Waals surface area (Å²) in [6.45, 7) is 1.80. The molecule has 0 fully saturated rings. The van der Waals surface area contributed by atoms with Crippen molar-refractivity contribution in [1.29, 1.82) is 0 Å². The number of carboxylic acid groups (broad SMARTS) is 1. The molecule has 0 aliphatic heterocycles. The van der Waals surface area contributed by atoms with Gasteiger partial charge >= 0.3 is 5.97 Å². The molecule has 0 aliphatic carbocycles. The van der Waals surface area contributed by atoms with Crippen LogP contribution in [-0.4, -0.2) is 20.4 Å². The molecular formula is C10H8BrN3O2S. The zero-order chi connectivity index (χ0) is 12.4. The lowest BCUT2D eigenvalue weighted by Crippen LogP contribution is -1.99. The highest BCUT2D eigenvalue weighted by Gasteiger charge is 2.09. The van der Waals surface area contributed by atoms with Crippen LogP contribution in [0.1, 0.15) is 16.2 Å². The molecule has 2 N–H and O–H groups in total. The number of hydrogen-bond donors (Lipinski definition) is 2. The van der Waals surface area contributed by atoms with Crippen LogP contribution in [0.3, 0.4) is 0 Å². The second-order valence-corrected chi connectivity index (χ2v) is 4.88. The minimum absolute atomic E-state index is 0.205. The number of carbonyl (C=O) groups is 1. The molecule has 0 saturated heterocycles. The van der Waals surface area contributed by atoms with Gasteiger partial charge in [0.1, 0.15) is 5.82 Å². The van der Waals surface area contributed by atoms with E-state index >= 15 is 0 Å². The zero-order valence-electron chi connectivity index (χ0n) is 8.77. The first-order valence-corrected chi connectivity index (χ1v) is 6.23. The van der Waals surface area contributed by atoms with Crippen LogP contribution in [0.4, 0.5) is 10.8 Å². The van der Waals surface area contributed by atoms with Gasteiger partial charge in [0.2, 0.25) is 5.13 Å². The van der Waals surface area contributed by atoms with E-state index in [1.54, 1.807) is 25.1 Å². The highest BCUT2D eigenvalue weighted by Crippen LogP contribution is 2.24. The fourth-order valence-electron chi connectivity index (χ4n) is 1.24. The van der Waals surface area contributed by atoms with E-state index < -0.39 is 5.97 Å². The molecule has 1 aromatic heterocycles. The Balaban J connectivity index is 2.28. The van der Waals surface area contributed by atoms with Crippen LogP contribution in [0.15, 0.2) is 22.7 Å². The van der Waals surface area contributed by atoms with Crippen LogP contribution in [0.5, 0.6) is 0 Å². The number of aromatic nitrogens is 2. The fraction of sp³-hybridized carbons (Fsp3) is 0.100. The predicted octanol–water partition coefficient (Wildman–Crippen LogP) is 3.05. The predicted molar refractivity (Wildman–Crippen MR) is 69.0 cm³/mol. The van der Waals surface area contributed by atoms with Crippen molar-refractivity contribution in [3.05, 3.63) is 34.1 Å². The van der Waals surface area contributed by atoms with Crippen LogP contribution in [0.25, 0.3) is 0 Å². The van der Waals surface area contributed by atoms with E-state index in [0.29, 0.717) is 21.1 Å². The average molecular weight is 314 g/mol. The number of halogens is 1. The Morgan fingerprint density at radius 1 is 1.53 bits per heavy atom. The van der Waals surface area contributed by atoms with Crippen molar-refractivity contribution in [3.8, 4) is 0 Å². The third-order valence-electron chi connectivity index (χ3n) is 1.98. The number of nitrogens with zero attached hydrogens (tertiary/aromatic N) is 2. The Labute approximate surface area is 110 Å². The molecule has 2 aromatic rings. The van der Waals surface area contributed by atoms with Crippen molar-refractivity contribution in [2.24, 2.45) is 0 Å². The molecule has 0 aliphatic rings. The minimum atomic E-state index is -0.978. The van der Waals surface area contributed by atoms with E-state index in [2.05, 4.69) is 30.6 Å². The maximum Gasteiger partial charge on any atom is 0.336 e. The average Bonchev–Trinajstić information content (AvgIpc) is 2.66. The quantitative estimate of drug-likeness (QED) is 0.911. The van der Waals surface area contributed by atoms with Gasteiger partial charge in [0.05, 0.1) is 5.56 Å². The van der Waals surface area contributed by atoms with Gasteiger partial charge in [-0.05, 0) is 41.1 Å². The van der Waals surface area contributed by atoms with E-state index in [4.69, 9.17) is 5.11 Å². The number of aryl methyl sites for hydroxylation is 1. The van der Waals surface area contributed by atoms with Crippen LogP contribution in [0, 0.1) is 6.92 Å². The molecule has 2 rings (SSSR count). The molecule has 0 unspecified atom stereocenters. The van der Waals surface area contributed by atoms with Gasteiger partial charge in [-0.1, -0.05) is 0 Å². The monoisotopic (exact) mass is 313 g/mol. The number of aromatic carboxylic acids is 1. The van der Waals surface area contributed by atoms with Gasteiger partial charge in [-0.25, -0.2) is 9.78 Å². The summed E-state index contributed by atoms with van der Waals surface area (Å²) in [6, 6.07) is 5.00. The summed E-state index contributed by atoms with van der Waals surface area (Å²) < 4.78 is 4.58. The summed E-state index contributed by atoms with van der Waals surface area (Å²) in [4.78, 5) is 15.1. The van der Waals surface area contributed by atoms with E-state index in [9.17, 15) is 4.79 Å². The van der Waals surface area contributed by atoms with Crippen molar-refractivity contribution >= 4 is 44.3 Å². The second kappa shape index (κ2) is 4.80. The summed E-state index contributed by atoms with van der Waals surface area (Å²) >= 11 is 4.42. The number of rotatable bonds is 3. The van der Waals surface area contributed by atoms with Crippen molar-refractivity contribution in [2.75, 3.05) is 5.32 Å². The first kappa shape index (κ1) is 12.0. The Hall–Kier alpha value is -1.47. The van der Waals surface area contributed by atoms with Crippen molar-refractivity contribution in [2.45, 2.75) is 6.92 Å². The Morgan fingerprint density at radius 2 is 2.29 bits per heavy atom. The van der Waals surface area contributed by atoms with Crippen LogP contribution in [0.2, 0.25) is 0 Å². The molecule has 88 valence electrons. The molecule has 1 heterocycles. The Kier molecular flexibility index (Phi) is 3.39. The topological polar surface area (TPSA) is 75.1 Å². The Bertz CT molecular complexity index is 570. The molecular weight excluding hydrogens is 306 g/mol. The van der Waals surface area contributed by atoms with E-state index in [-0.39, 0.29) is 5.56 Å². The molecule has 0 atom stereocenters. The fourth-order valence-corrected chi connectivity index (χ4v) is 2.25. The molecule has 7 heteroatoms. The smallest absolute Gasteiger partial charge is 0.336 e. The van der Waals surface area contributed by atoms with Crippen molar-refractivity contribution < 1.29 is 9.90 Å². The second-order valence-electron chi connectivity index (χ2n) is 3.27. The largest absolute Gasteiger partial charge is 0.478 e. The van der Waals surface area contributed by atoms with Gasteiger partial charge in [-0.15, -0.1) is 0 Å². The molecule has 0 spiro atoms. The lowest BCUT2D eigenvalue weighted by Gasteiger charge is -2.04. The van der Waals surface area contributed by atoms with Gasteiger partial charge < -0.3 is 10.4 Å². The highest BCUT2D eigenvalue weighted by molar-refractivity contribution is 9.10. The van der Waals surface area contributed by atoms with Gasteiger partial charge in [-0.2, -0.15) is 4.37 Å². The maximum atomic E-state index is 10.9. The normalized spacial score (nSPS) is 10.2. The lowest BCUT2D eigenvalue weighted by atomic mass is 10.2. The SMILES string of the molecule is Cc1nsc(Nc2ccc(Br)c(C(=O)O)c2)n1. The zero-order valence-corrected chi connectivity index (χ0v) is 11.2. The van der Waals surface area contributed by atoms with Crippen molar-refractivity contribution in [1.82, 2.24) is 9.36 Å². The van der Waals surface area contributed by atoms with Crippen LogP contribution >= 0.6 is 27.5 Å². The Morgan fingerprint density at radius 3 is 2.88 bits per heavy atom. The molecule has 0 radical (unpaired) electrons.